The SMILES string of the molecule is OCc1cc2ccccc2c(O)c1CO. The van der Waals surface area contributed by atoms with Gasteiger partial charge < -0.3 is 15.3 Å². The maximum Gasteiger partial charge on any atom is 0.129 e. The maximum atomic E-state index is 9.89. The van der Waals surface area contributed by atoms with Crippen LogP contribution in [0.3, 0.4) is 0 Å². The van der Waals surface area contributed by atoms with E-state index in [9.17, 15) is 5.11 Å². The largest absolute Gasteiger partial charge is 0.507 e. The number of aliphatic hydroxyl groups is 2. The van der Waals surface area contributed by atoms with Gasteiger partial charge in [-0.05, 0) is 17.0 Å². The molecule has 0 unspecified atom stereocenters. The molecular formula is C12H12O3. The highest BCUT2D eigenvalue weighted by Crippen LogP contribution is 2.31. The second-order valence-corrected chi connectivity index (χ2v) is 3.40. The van der Waals surface area contributed by atoms with Gasteiger partial charge in [0, 0.05) is 10.9 Å². The number of aromatic hydroxyl groups is 1. The molecule has 2 aromatic rings. The van der Waals surface area contributed by atoms with E-state index in [1.165, 1.54) is 0 Å². The van der Waals surface area contributed by atoms with Crippen LogP contribution in [0.5, 0.6) is 5.75 Å². The van der Waals surface area contributed by atoms with Crippen molar-refractivity contribution in [3.05, 3.63) is 41.5 Å². The van der Waals surface area contributed by atoms with E-state index < -0.39 is 0 Å². The van der Waals surface area contributed by atoms with Crippen LogP contribution >= 0.6 is 0 Å². The lowest BCUT2D eigenvalue weighted by atomic mass is 10.0. The predicted octanol–water partition coefficient (Wildman–Crippen LogP) is 1.53. The second-order valence-electron chi connectivity index (χ2n) is 3.40. The highest BCUT2D eigenvalue weighted by Gasteiger charge is 2.10. The van der Waals surface area contributed by atoms with Gasteiger partial charge in [-0.15, -0.1) is 0 Å². The number of hydrogen-bond donors (Lipinski definition) is 3. The first kappa shape index (κ1) is 9.96. The molecule has 3 nitrogen and oxygen atoms in total. The van der Waals surface area contributed by atoms with Gasteiger partial charge in [0.05, 0.1) is 13.2 Å². The van der Waals surface area contributed by atoms with E-state index in [1.807, 2.05) is 18.2 Å². The second kappa shape index (κ2) is 3.88. The van der Waals surface area contributed by atoms with E-state index in [0.29, 0.717) is 16.5 Å². The maximum absolute atomic E-state index is 9.89. The molecule has 0 aliphatic heterocycles. The number of aliphatic hydroxyl groups excluding tert-OH is 2. The number of fused-ring (bicyclic) bond motifs is 1. The molecule has 3 N–H and O–H groups in total. The van der Waals surface area contributed by atoms with Crippen LogP contribution in [-0.2, 0) is 13.2 Å². The molecule has 78 valence electrons. The Hall–Kier alpha value is -1.58. The van der Waals surface area contributed by atoms with Crippen molar-refractivity contribution in [1.82, 2.24) is 0 Å². The fourth-order valence-electron chi connectivity index (χ4n) is 1.75. The third-order valence-electron chi connectivity index (χ3n) is 2.55. The topological polar surface area (TPSA) is 60.7 Å². The third kappa shape index (κ3) is 1.56. The Morgan fingerprint density at radius 2 is 1.73 bits per heavy atom. The molecule has 0 aliphatic rings. The zero-order valence-corrected chi connectivity index (χ0v) is 8.14. The number of rotatable bonds is 2. The molecule has 0 spiro atoms. The summed E-state index contributed by atoms with van der Waals surface area (Å²) >= 11 is 0. The van der Waals surface area contributed by atoms with Crippen molar-refractivity contribution in [3.8, 4) is 5.75 Å². The molecular weight excluding hydrogens is 192 g/mol. The Morgan fingerprint density at radius 1 is 1.00 bits per heavy atom. The average Bonchev–Trinajstić information content (AvgIpc) is 2.29. The van der Waals surface area contributed by atoms with Crippen molar-refractivity contribution in [3.63, 3.8) is 0 Å². The molecule has 0 fully saturated rings. The molecule has 2 rings (SSSR count). The van der Waals surface area contributed by atoms with Crippen molar-refractivity contribution in [1.29, 1.82) is 0 Å². The van der Waals surface area contributed by atoms with Gasteiger partial charge in [0.1, 0.15) is 5.75 Å². The summed E-state index contributed by atoms with van der Waals surface area (Å²) in [6.07, 6.45) is 0. The van der Waals surface area contributed by atoms with Crippen molar-refractivity contribution < 1.29 is 15.3 Å². The van der Waals surface area contributed by atoms with Crippen LogP contribution in [0.15, 0.2) is 30.3 Å². The molecule has 2 aromatic carbocycles. The predicted molar refractivity (Wildman–Crippen MR) is 57.5 cm³/mol. The molecule has 0 radical (unpaired) electrons. The van der Waals surface area contributed by atoms with Gasteiger partial charge in [-0.3, -0.25) is 0 Å². The smallest absolute Gasteiger partial charge is 0.129 e. The lowest BCUT2D eigenvalue weighted by molar-refractivity contribution is 0.255. The first-order valence-electron chi connectivity index (χ1n) is 4.72. The van der Waals surface area contributed by atoms with E-state index in [1.54, 1.807) is 12.1 Å². The number of phenols is 1. The summed E-state index contributed by atoms with van der Waals surface area (Å²) in [5, 5.41) is 29.7. The quantitative estimate of drug-likeness (QED) is 0.695. The van der Waals surface area contributed by atoms with Crippen LogP contribution in [0.2, 0.25) is 0 Å². The molecule has 0 heterocycles. The molecule has 0 aromatic heterocycles. The normalized spacial score (nSPS) is 10.8. The van der Waals surface area contributed by atoms with Crippen LogP contribution in [0.4, 0.5) is 0 Å². The Kier molecular flexibility index (Phi) is 2.58. The minimum absolute atomic E-state index is 0.0552. The first-order valence-corrected chi connectivity index (χ1v) is 4.72. The van der Waals surface area contributed by atoms with Crippen molar-refractivity contribution in [2.75, 3.05) is 0 Å². The fraction of sp³-hybridized carbons (Fsp3) is 0.167. The lowest BCUT2D eigenvalue weighted by Gasteiger charge is -2.10. The summed E-state index contributed by atoms with van der Waals surface area (Å²) in [6, 6.07) is 9.10. The first-order chi connectivity index (χ1) is 7.27. The van der Waals surface area contributed by atoms with Gasteiger partial charge in [0.15, 0.2) is 0 Å². The minimum Gasteiger partial charge on any atom is -0.507 e. The van der Waals surface area contributed by atoms with E-state index in [-0.39, 0.29) is 19.0 Å². The van der Waals surface area contributed by atoms with Gasteiger partial charge in [0.2, 0.25) is 0 Å². The number of hydrogen-bond acceptors (Lipinski definition) is 3. The minimum atomic E-state index is -0.271. The van der Waals surface area contributed by atoms with E-state index in [2.05, 4.69) is 0 Å². The summed E-state index contributed by atoms with van der Waals surface area (Å²) in [5.74, 6) is 0.0552. The van der Waals surface area contributed by atoms with Crippen LogP contribution in [0, 0.1) is 0 Å². The monoisotopic (exact) mass is 204 g/mol. The van der Waals surface area contributed by atoms with Gasteiger partial charge in [-0.2, -0.15) is 0 Å². The van der Waals surface area contributed by atoms with Crippen LogP contribution in [0.1, 0.15) is 11.1 Å². The third-order valence-corrected chi connectivity index (χ3v) is 2.55. The van der Waals surface area contributed by atoms with E-state index in [0.717, 1.165) is 5.39 Å². The molecule has 0 aliphatic carbocycles. The molecule has 0 amide bonds. The standard InChI is InChI=1S/C12H12O3/c13-6-9-5-8-3-1-2-4-10(8)12(15)11(9)7-14/h1-5,13-15H,6-7H2. The Balaban J connectivity index is 2.81. The summed E-state index contributed by atoms with van der Waals surface area (Å²) in [4.78, 5) is 0. The van der Waals surface area contributed by atoms with Crippen LogP contribution in [-0.4, -0.2) is 15.3 Å². The summed E-state index contributed by atoms with van der Waals surface area (Å²) in [5.41, 5.74) is 0.963. The number of benzene rings is 2. The highest BCUT2D eigenvalue weighted by molar-refractivity contribution is 5.90. The van der Waals surface area contributed by atoms with Crippen molar-refractivity contribution >= 4 is 10.8 Å². The molecule has 0 atom stereocenters. The van der Waals surface area contributed by atoms with Gasteiger partial charge in [-0.1, -0.05) is 24.3 Å². The Labute approximate surface area is 87.2 Å². The summed E-state index contributed by atoms with van der Waals surface area (Å²) in [6.45, 7) is -0.457. The molecule has 3 heteroatoms. The van der Waals surface area contributed by atoms with Gasteiger partial charge in [-0.25, -0.2) is 0 Å². The van der Waals surface area contributed by atoms with Crippen LogP contribution < -0.4 is 0 Å². The van der Waals surface area contributed by atoms with Gasteiger partial charge in [0.25, 0.3) is 0 Å². The summed E-state index contributed by atoms with van der Waals surface area (Å²) in [7, 11) is 0. The molecule has 15 heavy (non-hydrogen) atoms. The van der Waals surface area contributed by atoms with Gasteiger partial charge >= 0.3 is 0 Å². The molecule has 0 bridgehead atoms. The molecule has 0 saturated carbocycles. The summed E-state index contributed by atoms with van der Waals surface area (Å²) < 4.78 is 0. The van der Waals surface area contributed by atoms with E-state index in [4.69, 9.17) is 10.2 Å². The Morgan fingerprint density at radius 3 is 2.40 bits per heavy atom. The van der Waals surface area contributed by atoms with Crippen LogP contribution in [0.25, 0.3) is 10.8 Å². The average molecular weight is 204 g/mol. The highest BCUT2D eigenvalue weighted by atomic mass is 16.3. The Bertz CT molecular complexity index is 491. The zero-order chi connectivity index (χ0) is 10.8. The van der Waals surface area contributed by atoms with E-state index >= 15 is 0 Å². The molecule has 0 saturated heterocycles. The zero-order valence-electron chi connectivity index (χ0n) is 8.14. The fourth-order valence-corrected chi connectivity index (χ4v) is 1.75. The van der Waals surface area contributed by atoms with Crippen molar-refractivity contribution in [2.24, 2.45) is 0 Å². The van der Waals surface area contributed by atoms with Crippen molar-refractivity contribution in [2.45, 2.75) is 13.2 Å². The lowest BCUT2D eigenvalue weighted by Crippen LogP contribution is -1.95.